The Balaban J connectivity index is 1.13. The Kier molecular flexibility index (Phi) is 5.74. The lowest BCUT2D eigenvalue weighted by molar-refractivity contribution is 0.0661. The summed E-state index contributed by atoms with van der Waals surface area (Å²) >= 11 is 0. The van der Waals surface area contributed by atoms with Gasteiger partial charge >= 0.3 is 0 Å². The van der Waals surface area contributed by atoms with Crippen molar-refractivity contribution in [3.05, 3.63) is 71.7 Å². The van der Waals surface area contributed by atoms with Gasteiger partial charge < -0.3 is 19.5 Å². The van der Waals surface area contributed by atoms with Crippen LogP contribution in [-0.4, -0.2) is 35.3 Å². The third-order valence-corrected chi connectivity index (χ3v) is 6.58. The zero-order valence-corrected chi connectivity index (χ0v) is 17.8. The van der Waals surface area contributed by atoms with Crippen molar-refractivity contribution in [1.29, 1.82) is 0 Å². The molecule has 3 heterocycles. The molecule has 0 spiro atoms. The Hall–Kier alpha value is -2.70. The number of rotatable bonds is 7. The van der Waals surface area contributed by atoms with Crippen molar-refractivity contribution in [2.75, 3.05) is 7.05 Å². The van der Waals surface area contributed by atoms with Gasteiger partial charge in [0.1, 0.15) is 17.7 Å². The number of hydrogen-bond acceptors (Lipinski definition) is 5. The Labute approximate surface area is 182 Å². The van der Waals surface area contributed by atoms with Crippen LogP contribution in [0.4, 0.5) is 4.39 Å². The summed E-state index contributed by atoms with van der Waals surface area (Å²) in [6, 6.07) is 17.8. The summed E-state index contributed by atoms with van der Waals surface area (Å²) < 4.78 is 24.8. The molecule has 2 aliphatic heterocycles. The van der Waals surface area contributed by atoms with E-state index in [0.717, 1.165) is 29.8 Å². The number of piperidine rings is 1. The average molecular weight is 422 g/mol. The molecule has 6 heteroatoms. The lowest BCUT2D eigenvalue weighted by atomic mass is 10.0. The standard InChI is InChI=1S/C25H28FN3O2/c1-29-21-9-10-22(29)14-24(13-21)30-23-4-2-3-17(11-23)15-27-16-20-12-25(31-28-20)18-5-7-19(26)8-6-18/h2-8,11-12,21-22,24,27H,9-10,13-16H2,1H3/t21-,22+,24?. The number of hydrogen-bond donors (Lipinski definition) is 1. The van der Waals surface area contributed by atoms with E-state index in [-0.39, 0.29) is 5.82 Å². The quantitative estimate of drug-likeness (QED) is 0.595. The molecule has 2 aromatic carbocycles. The van der Waals surface area contributed by atoms with Crippen LogP contribution in [0.3, 0.4) is 0 Å². The summed E-state index contributed by atoms with van der Waals surface area (Å²) in [7, 11) is 2.25. The van der Waals surface area contributed by atoms with E-state index < -0.39 is 0 Å². The molecule has 1 N–H and O–H groups in total. The number of nitrogens with one attached hydrogen (secondary N) is 1. The second kappa shape index (κ2) is 8.81. The molecular weight excluding hydrogens is 393 g/mol. The van der Waals surface area contributed by atoms with E-state index in [1.165, 1.54) is 30.5 Å². The molecule has 31 heavy (non-hydrogen) atoms. The Morgan fingerprint density at radius 2 is 1.84 bits per heavy atom. The highest BCUT2D eigenvalue weighted by Gasteiger charge is 2.39. The molecule has 1 unspecified atom stereocenters. The molecular formula is C25H28FN3O2. The number of nitrogens with zero attached hydrogens (tertiary/aromatic N) is 2. The lowest BCUT2D eigenvalue weighted by Gasteiger charge is -2.36. The number of benzene rings is 2. The van der Waals surface area contributed by atoms with E-state index in [9.17, 15) is 4.39 Å². The topological polar surface area (TPSA) is 50.5 Å². The summed E-state index contributed by atoms with van der Waals surface area (Å²) in [5, 5.41) is 7.52. The van der Waals surface area contributed by atoms with Crippen molar-refractivity contribution >= 4 is 0 Å². The molecule has 3 atom stereocenters. The zero-order chi connectivity index (χ0) is 21.2. The minimum Gasteiger partial charge on any atom is -0.490 e. The van der Waals surface area contributed by atoms with Gasteiger partial charge in [-0.25, -0.2) is 4.39 Å². The third-order valence-electron chi connectivity index (χ3n) is 6.58. The largest absolute Gasteiger partial charge is 0.490 e. The van der Waals surface area contributed by atoms with E-state index >= 15 is 0 Å². The summed E-state index contributed by atoms with van der Waals surface area (Å²) in [5.41, 5.74) is 2.80. The number of ether oxygens (including phenoxy) is 1. The van der Waals surface area contributed by atoms with E-state index in [2.05, 4.69) is 46.7 Å². The molecule has 2 fully saturated rings. The maximum atomic E-state index is 13.1. The average Bonchev–Trinajstić information content (AvgIpc) is 3.30. The van der Waals surface area contributed by atoms with Crippen molar-refractivity contribution in [2.24, 2.45) is 0 Å². The molecule has 0 saturated carbocycles. The molecule has 2 aliphatic rings. The molecule has 0 amide bonds. The number of aromatic nitrogens is 1. The fourth-order valence-electron chi connectivity index (χ4n) is 4.86. The smallest absolute Gasteiger partial charge is 0.167 e. The van der Waals surface area contributed by atoms with Gasteiger partial charge in [-0.2, -0.15) is 0 Å². The predicted octanol–water partition coefficient (Wildman–Crippen LogP) is 4.77. The third kappa shape index (κ3) is 4.65. The fraction of sp³-hybridized carbons (Fsp3) is 0.400. The Bertz CT molecular complexity index is 1010. The Morgan fingerprint density at radius 1 is 1.06 bits per heavy atom. The van der Waals surface area contributed by atoms with Gasteiger partial charge in [-0.05, 0) is 74.7 Å². The number of fused-ring (bicyclic) bond motifs is 2. The minimum absolute atomic E-state index is 0.264. The summed E-state index contributed by atoms with van der Waals surface area (Å²) in [4.78, 5) is 2.53. The second-order valence-corrected chi connectivity index (χ2v) is 8.70. The van der Waals surface area contributed by atoms with Crippen LogP contribution in [0.25, 0.3) is 11.3 Å². The molecule has 2 bridgehead atoms. The highest BCUT2D eigenvalue weighted by atomic mass is 19.1. The van der Waals surface area contributed by atoms with Crippen molar-refractivity contribution in [3.8, 4) is 17.1 Å². The maximum Gasteiger partial charge on any atom is 0.167 e. The molecule has 0 aliphatic carbocycles. The van der Waals surface area contributed by atoms with Crippen molar-refractivity contribution in [1.82, 2.24) is 15.4 Å². The Morgan fingerprint density at radius 3 is 2.61 bits per heavy atom. The SMILES string of the molecule is CN1[C@@H]2CC[C@H]1CC(Oc1cccc(CNCc3cc(-c4ccc(F)cc4)on3)c1)C2. The monoisotopic (exact) mass is 421 g/mol. The van der Waals surface area contributed by atoms with Crippen molar-refractivity contribution in [2.45, 2.75) is 57.0 Å². The maximum absolute atomic E-state index is 13.1. The summed E-state index contributed by atoms with van der Waals surface area (Å²) in [5.74, 6) is 1.33. The van der Waals surface area contributed by atoms with Gasteiger partial charge in [-0.3, -0.25) is 0 Å². The van der Waals surface area contributed by atoms with Crippen LogP contribution in [0, 0.1) is 5.82 Å². The van der Waals surface area contributed by atoms with Crippen LogP contribution < -0.4 is 10.1 Å². The van der Waals surface area contributed by atoms with Crippen LogP contribution in [0.15, 0.2) is 59.1 Å². The molecule has 2 saturated heterocycles. The van der Waals surface area contributed by atoms with Crippen LogP contribution in [0.2, 0.25) is 0 Å². The summed E-state index contributed by atoms with van der Waals surface area (Å²) in [6.07, 6.45) is 5.17. The highest BCUT2D eigenvalue weighted by Crippen LogP contribution is 2.36. The van der Waals surface area contributed by atoms with E-state index in [1.807, 2.05) is 6.07 Å². The first kappa shape index (κ1) is 20.2. The van der Waals surface area contributed by atoms with Crippen LogP contribution in [-0.2, 0) is 13.1 Å². The minimum atomic E-state index is -0.264. The lowest BCUT2D eigenvalue weighted by Crippen LogP contribution is -2.43. The highest BCUT2D eigenvalue weighted by molar-refractivity contribution is 5.57. The van der Waals surface area contributed by atoms with Crippen LogP contribution >= 0.6 is 0 Å². The first-order chi connectivity index (χ1) is 15.1. The molecule has 5 nitrogen and oxygen atoms in total. The molecule has 162 valence electrons. The first-order valence-corrected chi connectivity index (χ1v) is 11.0. The molecule has 5 rings (SSSR count). The normalized spacial score (nSPS) is 23.2. The molecule has 0 radical (unpaired) electrons. The van der Waals surface area contributed by atoms with Crippen LogP contribution in [0.5, 0.6) is 5.75 Å². The van der Waals surface area contributed by atoms with Crippen LogP contribution in [0.1, 0.15) is 36.9 Å². The predicted molar refractivity (Wildman–Crippen MR) is 117 cm³/mol. The van der Waals surface area contributed by atoms with Crippen molar-refractivity contribution in [3.63, 3.8) is 0 Å². The number of halogens is 1. The molecule has 1 aromatic heterocycles. The zero-order valence-electron chi connectivity index (χ0n) is 17.8. The van der Waals surface area contributed by atoms with E-state index in [0.29, 0.717) is 37.0 Å². The first-order valence-electron chi connectivity index (χ1n) is 11.0. The fourth-order valence-corrected chi connectivity index (χ4v) is 4.86. The van der Waals surface area contributed by atoms with Gasteiger partial charge in [0.05, 0.1) is 5.69 Å². The molecule has 3 aromatic rings. The second-order valence-electron chi connectivity index (χ2n) is 8.70. The van der Waals surface area contributed by atoms with Crippen molar-refractivity contribution < 1.29 is 13.7 Å². The van der Waals surface area contributed by atoms with E-state index in [1.54, 1.807) is 12.1 Å². The van der Waals surface area contributed by atoms with Gasteiger partial charge in [-0.1, -0.05) is 17.3 Å². The van der Waals surface area contributed by atoms with Gasteiger partial charge in [-0.15, -0.1) is 0 Å². The van der Waals surface area contributed by atoms with Gasteiger partial charge in [0.2, 0.25) is 0 Å². The van der Waals surface area contributed by atoms with Gasteiger partial charge in [0.15, 0.2) is 5.76 Å². The summed E-state index contributed by atoms with van der Waals surface area (Å²) in [6.45, 7) is 1.31. The van der Waals surface area contributed by atoms with E-state index in [4.69, 9.17) is 9.26 Å². The van der Waals surface area contributed by atoms with Gasteiger partial charge in [0.25, 0.3) is 0 Å². The van der Waals surface area contributed by atoms with Gasteiger partial charge in [0, 0.05) is 36.8 Å².